The van der Waals surface area contributed by atoms with Crippen LogP contribution in [0.3, 0.4) is 0 Å². The molecule has 0 spiro atoms. The summed E-state index contributed by atoms with van der Waals surface area (Å²) in [5.41, 5.74) is 1.23. The summed E-state index contributed by atoms with van der Waals surface area (Å²) < 4.78 is 2.25. The molecule has 0 bridgehead atoms. The van der Waals surface area contributed by atoms with E-state index in [9.17, 15) is 4.79 Å². The Kier molecular flexibility index (Phi) is 2.96. The lowest BCUT2D eigenvalue weighted by molar-refractivity contribution is -0.133. The lowest BCUT2D eigenvalue weighted by atomic mass is 10.1. The van der Waals surface area contributed by atoms with Crippen LogP contribution in [0, 0.1) is 0 Å². The lowest BCUT2D eigenvalue weighted by Crippen LogP contribution is -2.41. The minimum absolute atomic E-state index is 0.0983. The average molecular weight is 260 g/mol. The number of carbonyl (C=O) groups excluding carboxylic acids is 1. The van der Waals surface area contributed by atoms with Gasteiger partial charge in [-0.2, -0.15) is 0 Å². The smallest absolute Gasteiger partial charge is 0.223 e. The van der Waals surface area contributed by atoms with Crippen molar-refractivity contribution < 1.29 is 4.79 Å². The van der Waals surface area contributed by atoms with Gasteiger partial charge in [-0.3, -0.25) is 4.79 Å². The maximum atomic E-state index is 12.1. The highest BCUT2D eigenvalue weighted by atomic mass is 32.1. The van der Waals surface area contributed by atoms with Crippen LogP contribution in [0.15, 0.2) is 35.8 Å². The molecule has 2 aromatic heterocycles. The molecule has 0 aliphatic carbocycles. The first-order valence-electron chi connectivity index (χ1n) is 6.29. The van der Waals surface area contributed by atoms with Gasteiger partial charge in [-0.15, -0.1) is 11.3 Å². The molecule has 1 amide bonds. The Bertz CT molecular complexity index is 544. The maximum absolute atomic E-state index is 12.1. The number of aromatic nitrogens is 1. The second kappa shape index (κ2) is 4.61. The molecule has 3 heterocycles. The molecule has 1 atom stereocenters. The Morgan fingerprint density at radius 3 is 3.00 bits per heavy atom. The van der Waals surface area contributed by atoms with Gasteiger partial charge in [0, 0.05) is 36.3 Å². The van der Waals surface area contributed by atoms with E-state index in [4.69, 9.17) is 0 Å². The predicted octanol–water partition coefficient (Wildman–Crippen LogP) is 2.89. The summed E-state index contributed by atoms with van der Waals surface area (Å²) in [7, 11) is 0. The van der Waals surface area contributed by atoms with Crippen LogP contribution in [-0.2, 0) is 11.3 Å². The van der Waals surface area contributed by atoms with Gasteiger partial charge in [-0.05, 0) is 23.6 Å². The van der Waals surface area contributed by atoms with E-state index in [2.05, 4.69) is 40.4 Å². The van der Waals surface area contributed by atoms with Gasteiger partial charge in [0.05, 0.1) is 0 Å². The summed E-state index contributed by atoms with van der Waals surface area (Å²) in [6, 6.07) is 8.46. The van der Waals surface area contributed by atoms with E-state index in [-0.39, 0.29) is 11.9 Å². The van der Waals surface area contributed by atoms with Gasteiger partial charge < -0.3 is 9.47 Å². The Labute approximate surface area is 111 Å². The molecular formula is C14H16N2OS. The summed E-state index contributed by atoms with van der Waals surface area (Å²) in [6.45, 7) is 3.63. The highest BCUT2D eigenvalue weighted by Crippen LogP contribution is 2.35. The van der Waals surface area contributed by atoms with Gasteiger partial charge in [0.15, 0.2) is 0 Å². The van der Waals surface area contributed by atoms with E-state index in [0.717, 1.165) is 13.1 Å². The topological polar surface area (TPSA) is 25.2 Å². The molecule has 4 heteroatoms. The zero-order valence-corrected chi connectivity index (χ0v) is 11.2. The normalized spacial score (nSPS) is 18.7. The van der Waals surface area contributed by atoms with Crippen LogP contribution in [0.1, 0.15) is 30.0 Å². The number of rotatable bonds is 2. The first kappa shape index (κ1) is 11.5. The minimum Gasteiger partial charge on any atom is -0.347 e. The molecule has 0 aromatic carbocycles. The third-order valence-electron chi connectivity index (χ3n) is 3.47. The van der Waals surface area contributed by atoms with E-state index in [1.165, 1.54) is 10.6 Å². The fourth-order valence-electron chi connectivity index (χ4n) is 2.60. The number of hydrogen-bond acceptors (Lipinski definition) is 2. The van der Waals surface area contributed by atoms with E-state index in [1.807, 2.05) is 11.8 Å². The second-order valence-electron chi connectivity index (χ2n) is 4.49. The summed E-state index contributed by atoms with van der Waals surface area (Å²) in [5, 5.41) is 2.08. The summed E-state index contributed by atoms with van der Waals surface area (Å²) in [6.07, 6.45) is 2.67. The minimum atomic E-state index is 0.0983. The fraction of sp³-hybridized carbons (Fsp3) is 0.357. The standard InChI is InChI=1S/C14H16N2OS/c1-2-13(17)16-9-8-15-7-3-5-11(15)14(16)12-6-4-10-18-12/h3-7,10,14H,2,8-9H2,1H3/t14-/m1/s1. The Balaban J connectivity index is 2.05. The van der Waals surface area contributed by atoms with Crippen molar-refractivity contribution in [2.45, 2.75) is 25.9 Å². The van der Waals surface area contributed by atoms with E-state index >= 15 is 0 Å². The summed E-state index contributed by atoms with van der Waals surface area (Å²) in [4.78, 5) is 15.4. The van der Waals surface area contributed by atoms with Crippen molar-refractivity contribution in [1.82, 2.24) is 9.47 Å². The molecular weight excluding hydrogens is 244 g/mol. The quantitative estimate of drug-likeness (QED) is 0.815. The molecule has 0 radical (unpaired) electrons. The third-order valence-corrected chi connectivity index (χ3v) is 4.40. The van der Waals surface area contributed by atoms with Crippen molar-refractivity contribution >= 4 is 17.2 Å². The Hall–Kier alpha value is -1.55. The number of amides is 1. The number of hydrogen-bond donors (Lipinski definition) is 0. The molecule has 0 unspecified atom stereocenters. The van der Waals surface area contributed by atoms with Crippen molar-refractivity contribution in [3.05, 3.63) is 46.4 Å². The molecule has 2 aromatic rings. The first-order chi connectivity index (χ1) is 8.81. The summed E-state index contributed by atoms with van der Waals surface area (Å²) in [5.74, 6) is 0.237. The van der Waals surface area contributed by atoms with Gasteiger partial charge >= 0.3 is 0 Å². The van der Waals surface area contributed by atoms with Crippen molar-refractivity contribution in [3.63, 3.8) is 0 Å². The largest absolute Gasteiger partial charge is 0.347 e. The number of carbonyl (C=O) groups is 1. The van der Waals surface area contributed by atoms with Gasteiger partial charge in [0.25, 0.3) is 0 Å². The van der Waals surface area contributed by atoms with E-state index in [1.54, 1.807) is 11.3 Å². The molecule has 18 heavy (non-hydrogen) atoms. The molecule has 1 aliphatic heterocycles. The third kappa shape index (κ3) is 1.77. The summed E-state index contributed by atoms with van der Waals surface area (Å²) >= 11 is 1.72. The number of fused-ring (bicyclic) bond motifs is 1. The molecule has 0 saturated carbocycles. The van der Waals surface area contributed by atoms with Crippen molar-refractivity contribution in [3.8, 4) is 0 Å². The van der Waals surface area contributed by atoms with E-state index < -0.39 is 0 Å². The first-order valence-corrected chi connectivity index (χ1v) is 7.17. The Morgan fingerprint density at radius 2 is 2.28 bits per heavy atom. The highest BCUT2D eigenvalue weighted by molar-refractivity contribution is 7.10. The van der Waals surface area contributed by atoms with Gasteiger partial charge in [-0.25, -0.2) is 0 Å². The van der Waals surface area contributed by atoms with Crippen LogP contribution in [0.2, 0.25) is 0 Å². The Morgan fingerprint density at radius 1 is 1.39 bits per heavy atom. The van der Waals surface area contributed by atoms with Gasteiger partial charge in [0.1, 0.15) is 6.04 Å². The zero-order valence-electron chi connectivity index (χ0n) is 10.4. The monoisotopic (exact) mass is 260 g/mol. The van der Waals surface area contributed by atoms with Crippen LogP contribution in [0.5, 0.6) is 0 Å². The molecule has 0 fully saturated rings. The maximum Gasteiger partial charge on any atom is 0.223 e. The van der Waals surface area contributed by atoms with Crippen molar-refractivity contribution in [2.75, 3.05) is 6.54 Å². The highest BCUT2D eigenvalue weighted by Gasteiger charge is 2.31. The van der Waals surface area contributed by atoms with Crippen LogP contribution in [0.4, 0.5) is 0 Å². The van der Waals surface area contributed by atoms with E-state index in [0.29, 0.717) is 6.42 Å². The van der Waals surface area contributed by atoms with Crippen LogP contribution < -0.4 is 0 Å². The molecule has 1 aliphatic rings. The SMILES string of the molecule is CCC(=O)N1CCn2cccc2[C@@H]1c1cccs1. The lowest BCUT2D eigenvalue weighted by Gasteiger charge is -2.36. The average Bonchev–Trinajstić information content (AvgIpc) is 3.07. The zero-order chi connectivity index (χ0) is 12.5. The molecule has 94 valence electrons. The van der Waals surface area contributed by atoms with Gasteiger partial charge in [-0.1, -0.05) is 13.0 Å². The molecule has 3 rings (SSSR count). The number of nitrogens with zero attached hydrogens (tertiary/aromatic N) is 2. The second-order valence-corrected chi connectivity index (χ2v) is 5.46. The van der Waals surface area contributed by atoms with Gasteiger partial charge in [0.2, 0.25) is 5.91 Å². The molecule has 3 nitrogen and oxygen atoms in total. The number of thiophene rings is 1. The molecule has 0 saturated heterocycles. The van der Waals surface area contributed by atoms with Crippen molar-refractivity contribution in [1.29, 1.82) is 0 Å². The molecule has 0 N–H and O–H groups in total. The van der Waals surface area contributed by atoms with Crippen LogP contribution in [-0.4, -0.2) is 21.9 Å². The van der Waals surface area contributed by atoms with Crippen molar-refractivity contribution in [2.24, 2.45) is 0 Å². The van der Waals surface area contributed by atoms with Crippen LogP contribution >= 0.6 is 11.3 Å². The van der Waals surface area contributed by atoms with Crippen LogP contribution in [0.25, 0.3) is 0 Å². The fourth-order valence-corrected chi connectivity index (χ4v) is 3.45. The predicted molar refractivity (Wildman–Crippen MR) is 72.6 cm³/mol.